The Bertz CT molecular complexity index is 973. The summed E-state index contributed by atoms with van der Waals surface area (Å²) in [5.41, 5.74) is 1.66. The van der Waals surface area contributed by atoms with E-state index in [9.17, 15) is 9.90 Å². The van der Waals surface area contributed by atoms with Crippen molar-refractivity contribution in [2.45, 2.75) is 6.54 Å². The molecule has 3 aromatic rings. The van der Waals surface area contributed by atoms with Gasteiger partial charge in [-0.05, 0) is 29.3 Å². The maximum atomic E-state index is 12.2. The highest BCUT2D eigenvalue weighted by molar-refractivity contribution is 7.15. The maximum Gasteiger partial charge on any atom is 0.282 e. The third-order valence-corrected chi connectivity index (χ3v) is 4.97. The van der Waals surface area contributed by atoms with E-state index < -0.39 is 0 Å². The van der Waals surface area contributed by atoms with E-state index in [2.05, 4.69) is 15.5 Å². The van der Waals surface area contributed by atoms with Crippen molar-refractivity contribution in [2.75, 3.05) is 7.11 Å². The Kier molecular flexibility index (Phi) is 6.05. The lowest BCUT2D eigenvalue weighted by Crippen LogP contribution is -2.22. The number of phenolic OH excluding ortho intramolecular Hbond substituents is 1. The van der Waals surface area contributed by atoms with Gasteiger partial charge in [0.05, 0.1) is 12.1 Å². The molecule has 2 aromatic carbocycles. The number of amides is 1. The average Bonchev–Trinajstić information content (AvgIpc) is 3.17. The molecule has 1 heterocycles. The van der Waals surface area contributed by atoms with Gasteiger partial charge in [-0.25, -0.2) is 0 Å². The van der Waals surface area contributed by atoms with Crippen LogP contribution in [0.2, 0.25) is 0 Å². The normalized spacial score (nSPS) is 11.3. The van der Waals surface area contributed by atoms with E-state index in [-0.39, 0.29) is 16.7 Å². The largest absolute Gasteiger partial charge is 0.504 e. The Labute approximate surface area is 165 Å². The molecule has 1 aromatic heterocycles. The molecule has 0 aliphatic rings. The molecule has 0 atom stereocenters. The van der Waals surface area contributed by atoms with Crippen LogP contribution >= 0.6 is 22.9 Å². The Morgan fingerprint density at radius 3 is 2.67 bits per heavy atom. The van der Waals surface area contributed by atoms with Gasteiger partial charge >= 0.3 is 0 Å². The third kappa shape index (κ3) is 4.84. The van der Waals surface area contributed by atoms with Crippen molar-refractivity contribution in [1.29, 1.82) is 0 Å². The molecular weight excluding hydrogens is 386 g/mol. The number of ether oxygens (including phenoxy) is 1. The molecule has 0 aliphatic heterocycles. The molecule has 2 N–H and O–H groups in total. The van der Waals surface area contributed by atoms with E-state index in [1.54, 1.807) is 18.2 Å². The van der Waals surface area contributed by atoms with Crippen LogP contribution in [0.1, 0.15) is 25.9 Å². The highest BCUT2D eigenvalue weighted by Gasteiger charge is 2.14. The number of halogens is 1. The van der Waals surface area contributed by atoms with Crippen LogP contribution in [0.15, 0.2) is 48.5 Å². The molecular formula is C19H16ClN3O3S. The number of nitrogens with one attached hydrogen (secondary N) is 1. The first kappa shape index (κ1) is 18.9. The number of hydrogen-bond donors (Lipinski definition) is 2. The summed E-state index contributed by atoms with van der Waals surface area (Å²) in [7, 11) is 1.48. The lowest BCUT2D eigenvalue weighted by molar-refractivity contribution is 0.0950. The van der Waals surface area contributed by atoms with Crippen LogP contribution in [0.4, 0.5) is 0 Å². The van der Waals surface area contributed by atoms with Gasteiger partial charge in [-0.2, -0.15) is 0 Å². The number of carbonyl (C=O) groups excluding carboxylic acids is 1. The fourth-order valence-corrected chi connectivity index (χ4v) is 3.22. The molecule has 0 saturated carbocycles. The fraction of sp³-hybridized carbons (Fsp3) is 0.105. The Hall–Kier alpha value is -2.90. The molecule has 0 radical (unpaired) electrons. The number of hydrogen-bond acceptors (Lipinski definition) is 6. The lowest BCUT2D eigenvalue weighted by Gasteiger charge is -2.03. The van der Waals surface area contributed by atoms with E-state index in [0.717, 1.165) is 16.9 Å². The Morgan fingerprint density at radius 2 is 1.96 bits per heavy atom. The number of rotatable bonds is 6. The lowest BCUT2D eigenvalue weighted by atomic mass is 10.2. The smallest absolute Gasteiger partial charge is 0.282 e. The minimum absolute atomic E-state index is 0.00830. The molecule has 1 amide bonds. The zero-order valence-electron chi connectivity index (χ0n) is 14.3. The molecule has 6 nitrogen and oxygen atoms in total. The Morgan fingerprint density at radius 1 is 1.22 bits per heavy atom. The van der Waals surface area contributed by atoms with Crippen LogP contribution < -0.4 is 10.1 Å². The summed E-state index contributed by atoms with van der Waals surface area (Å²) in [6.07, 6.45) is 1.63. The minimum atomic E-state index is -0.311. The quantitative estimate of drug-likeness (QED) is 0.654. The summed E-state index contributed by atoms with van der Waals surface area (Å²) < 4.78 is 5.01. The predicted octanol–water partition coefficient (Wildman–Crippen LogP) is 3.92. The number of nitrogens with zero attached hydrogens (tertiary/aromatic N) is 2. The number of carbonyl (C=O) groups is 1. The van der Waals surface area contributed by atoms with Gasteiger partial charge in [0, 0.05) is 6.54 Å². The molecule has 0 bridgehead atoms. The second-order valence-corrected chi connectivity index (χ2v) is 6.89. The molecule has 0 unspecified atom stereocenters. The zero-order valence-corrected chi connectivity index (χ0v) is 15.9. The molecule has 27 heavy (non-hydrogen) atoms. The molecule has 3 rings (SSSR count). The molecule has 0 saturated heterocycles. The van der Waals surface area contributed by atoms with Gasteiger partial charge in [-0.15, -0.1) is 10.2 Å². The predicted molar refractivity (Wildman–Crippen MR) is 106 cm³/mol. The van der Waals surface area contributed by atoms with Crippen LogP contribution in [-0.4, -0.2) is 28.3 Å². The van der Waals surface area contributed by atoms with Gasteiger partial charge in [-0.1, -0.05) is 59.3 Å². The summed E-state index contributed by atoms with van der Waals surface area (Å²) >= 11 is 7.38. The van der Waals surface area contributed by atoms with Crippen molar-refractivity contribution in [3.8, 4) is 11.5 Å². The van der Waals surface area contributed by atoms with Crippen LogP contribution in [0.3, 0.4) is 0 Å². The molecule has 8 heteroatoms. The zero-order chi connectivity index (χ0) is 19.2. The van der Waals surface area contributed by atoms with Gasteiger partial charge in [0.2, 0.25) is 5.01 Å². The van der Waals surface area contributed by atoms with Crippen LogP contribution in [0.25, 0.3) is 11.1 Å². The van der Waals surface area contributed by atoms with E-state index in [0.29, 0.717) is 27.9 Å². The van der Waals surface area contributed by atoms with E-state index in [4.69, 9.17) is 16.3 Å². The van der Waals surface area contributed by atoms with Crippen molar-refractivity contribution in [1.82, 2.24) is 15.5 Å². The number of methoxy groups -OCH3 is 1. The molecule has 0 fully saturated rings. The second-order valence-electron chi connectivity index (χ2n) is 5.50. The van der Waals surface area contributed by atoms with Crippen LogP contribution in [0, 0.1) is 0 Å². The minimum Gasteiger partial charge on any atom is -0.504 e. The summed E-state index contributed by atoms with van der Waals surface area (Å²) in [6, 6.07) is 14.5. The maximum absolute atomic E-state index is 12.2. The van der Waals surface area contributed by atoms with Crippen molar-refractivity contribution in [3.63, 3.8) is 0 Å². The fourth-order valence-electron chi connectivity index (χ4n) is 2.27. The van der Waals surface area contributed by atoms with E-state index in [1.165, 1.54) is 13.2 Å². The first-order valence-electron chi connectivity index (χ1n) is 7.97. The van der Waals surface area contributed by atoms with Gasteiger partial charge in [-0.3, -0.25) is 4.79 Å². The van der Waals surface area contributed by atoms with Gasteiger partial charge in [0.15, 0.2) is 16.5 Å². The molecule has 0 spiro atoms. The number of phenols is 1. The first-order chi connectivity index (χ1) is 13.1. The van der Waals surface area contributed by atoms with Crippen molar-refractivity contribution < 1.29 is 14.6 Å². The Balaban J connectivity index is 1.68. The monoisotopic (exact) mass is 401 g/mol. The summed E-state index contributed by atoms with van der Waals surface area (Å²) in [5, 5.41) is 21.4. The van der Waals surface area contributed by atoms with Crippen molar-refractivity contribution >= 4 is 40.0 Å². The summed E-state index contributed by atoms with van der Waals surface area (Å²) in [6.45, 7) is 0.406. The number of aromatic hydroxyl groups is 1. The van der Waals surface area contributed by atoms with Crippen molar-refractivity contribution in [2.24, 2.45) is 0 Å². The van der Waals surface area contributed by atoms with E-state index in [1.807, 2.05) is 30.3 Å². The van der Waals surface area contributed by atoms with E-state index >= 15 is 0 Å². The molecule has 0 aliphatic carbocycles. The highest BCUT2D eigenvalue weighted by atomic mass is 35.5. The highest BCUT2D eigenvalue weighted by Crippen LogP contribution is 2.30. The SMILES string of the molecule is COc1ccc(/C=C(\Cl)c2nnc(C(=O)NCc3ccccc3)s2)cc1O. The first-order valence-corrected chi connectivity index (χ1v) is 9.16. The second kappa shape index (κ2) is 8.66. The average molecular weight is 402 g/mol. The van der Waals surface area contributed by atoms with Gasteiger partial charge in [0.1, 0.15) is 0 Å². The van der Waals surface area contributed by atoms with Crippen LogP contribution in [0.5, 0.6) is 11.5 Å². The standard InChI is InChI=1S/C19H16ClN3O3S/c1-26-16-8-7-13(10-15(16)24)9-14(20)18-22-23-19(27-18)17(25)21-11-12-5-3-2-4-6-12/h2-10,24H,11H2,1H3,(H,21,25)/b14-9-. The topological polar surface area (TPSA) is 84.3 Å². The summed E-state index contributed by atoms with van der Waals surface area (Å²) in [5.74, 6) is 0.0691. The van der Waals surface area contributed by atoms with Gasteiger partial charge < -0.3 is 15.2 Å². The number of aromatic nitrogens is 2. The summed E-state index contributed by atoms with van der Waals surface area (Å²) in [4.78, 5) is 12.2. The third-order valence-electron chi connectivity index (χ3n) is 3.62. The van der Waals surface area contributed by atoms with Crippen LogP contribution in [-0.2, 0) is 6.54 Å². The van der Waals surface area contributed by atoms with Crippen molar-refractivity contribution in [3.05, 3.63) is 69.7 Å². The number of benzene rings is 2. The molecule has 138 valence electrons. The van der Waals surface area contributed by atoms with Gasteiger partial charge in [0.25, 0.3) is 5.91 Å².